The Bertz CT molecular complexity index is 272. The van der Waals surface area contributed by atoms with E-state index in [9.17, 15) is 0 Å². The lowest BCUT2D eigenvalue weighted by atomic mass is 10.1. The number of hydrogen-bond acceptors (Lipinski definition) is 2. The van der Waals surface area contributed by atoms with Crippen molar-refractivity contribution >= 4 is 15.9 Å². The van der Waals surface area contributed by atoms with Crippen LogP contribution in [0.15, 0.2) is 10.8 Å². The summed E-state index contributed by atoms with van der Waals surface area (Å²) in [5.74, 6) is 0.911. The Balaban J connectivity index is 3.19. The number of nitrogens with two attached hydrogens (primary N) is 1. The first kappa shape index (κ1) is 9.74. The molecule has 1 aromatic heterocycles. The number of nitrogens with zero attached hydrogens (tertiary/aromatic N) is 2. The summed E-state index contributed by atoms with van der Waals surface area (Å²) in [4.78, 5) is 4.19. The minimum absolute atomic E-state index is 0.0318. The van der Waals surface area contributed by atoms with Gasteiger partial charge in [-0.05, 0) is 36.7 Å². The molecule has 0 unspecified atom stereocenters. The van der Waals surface area contributed by atoms with Crippen LogP contribution in [0.4, 0.5) is 0 Å². The SMILES string of the molecule is CC(C)(C)n1c(Br)cnc1CN. The van der Waals surface area contributed by atoms with Crippen LogP contribution in [0.1, 0.15) is 26.6 Å². The van der Waals surface area contributed by atoms with Crippen LogP contribution in [0, 0.1) is 0 Å². The number of halogens is 1. The average molecular weight is 232 g/mol. The molecule has 0 aromatic carbocycles. The minimum atomic E-state index is 0.0318. The van der Waals surface area contributed by atoms with Crippen molar-refractivity contribution in [3.8, 4) is 0 Å². The maximum absolute atomic E-state index is 5.56. The van der Waals surface area contributed by atoms with Crippen molar-refractivity contribution in [3.05, 3.63) is 16.6 Å². The van der Waals surface area contributed by atoms with Gasteiger partial charge in [0.15, 0.2) is 0 Å². The van der Waals surface area contributed by atoms with E-state index < -0.39 is 0 Å². The van der Waals surface area contributed by atoms with Gasteiger partial charge in [-0.2, -0.15) is 0 Å². The first-order chi connectivity index (χ1) is 5.46. The van der Waals surface area contributed by atoms with Gasteiger partial charge in [0, 0.05) is 5.54 Å². The zero-order valence-electron chi connectivity index (χ0n) is 7.63. The Labute approximate surface area is 81.1 Å². The molecule has 0 atom stereocenters. The molecule has 0 fully saturated rings. The average Bonchev–Trinajstić information content (AvgIpc) is 2.29. The standard InChI is InChI=1S/C8H14BrN3/c1-8(2,3)12-6(9)5-11-7(12)4-10/h5H,4,10H2,1-3H3. The Morgan fingerprint density at radius 1 is 1.58 bits per heavy atom. The summed E-state index contributed by atoms with van der Waals surface area (Å²) in [7, 11) is 0. The fourth-order valence-corrected chi connectivity index (χ4v) is 2.06. The molecule has 0 saturated heterocycles. The molecule has 0 aliphatic rings. The molecule has 0 aliphatic carbocycles. The van der Waals surface area contributed by atoms with Gasteiger partial charge >= 0.3 is 0 Å². The van der Waals surface area contributed by atoms with E-state index in [1.54, 1.807) is 6.20 Å². The number of rotatable bonds is 1. The van der Waals surface area contributed by atoms with Crippen molar-refractivity contribution in [3.63, 3.8) is 0 Å². The second-order valence-electron chi connectivity index (χ2n) is 3.71. The highest BCUT2D eigenvalue weighted by Crippen LogP contribution is 2.23. The Morgan fingerprint density at radius 2 is 2.17 bits per heavy atom. The molecule has 0 spiro atoms. The van der Waals surface area contributed by atoms with Crippen LogP contribution < -0.4 is 5.73 Å². The van der Waals surface area contributed by atoms with Crippen molar-refractivity contribution in [2.24, 2.45) is 5.73 Å². The van der Waals surface area contributed by atoms with Gasteiger partial charge in [-0.1, -0.05) is 0 Å². The van der Waals surface area contributed by atoms with Crippen molar-refractivity contribution in [2.45, 2.75) is 32.9 Å². The lowest BCUT2D eigenvalue weighted by molar-refractivity contribution is 0.376. The largest absolute Gasteiger partial charge is 0.324 e. The van der Waals surface area contributed by atoms with Gasteiger partial charge in [0.05, 0.1) is 12.7 Å². The smallest absolute Gasteiger partial charge is 0.123 e. The molecule has 1 rings (SSSR count). The maximum atomic E-state index is 5.56. The number of aromatic nitrogens is 2. The fraction of sp³-hybridized carbons (Fsp3) is 0.625. The number of imidazole rings is 1. The van der Waals surface area contributed by atoms with Gasteiger partial charge in [-0.25, -0.2) is 4.98 Å². The highest BCUT2D eigenvalue weighted by Gasteiger charge is 2.19. The van der Waals surface area contributed by atoms with Crippen LogP contribution in [0.25, 0.3) is 0 Å². The molecule has 3 nitrogen and oxygen atoms in total. The fourth-order valence-electron chi connectivity index (χ4n) is 1.22. The minimum Gasteiger partial charge on any atom is -0.324 e. The second kappa shape index (κ2) is 3.18. The monoisotopic (exact) mass is 231 g/mol. The number of hydrogen-bond donors (Lipinski definition) is 1. The van der Waals surface area contributed by atoms with E-state index in [4.69, 9.17) is 5.73 Å². The van der Waals surface area contributed by atoms with Gasteiger partial charge in [0.25, 0.3) is 0 Å². The van der Waals surface area contributed by atoms with E-state index in [1.807, 2.05) is 0 Å². The van der Waals surface area contributed by atoms with Gasteiger partial charge in [-0.15, -0.1) is 0 Å². The third-order valence-electron chi connectivity index (χ3n) is 1.65. The molecule has 0 amide bonds. The quantitative estimate of drug-likeness (QED) is 0.803. The predicted octanol–water partition coefficient (Wildman–Crippen LogP) is 1.86. The normalized spacial score (nSPS) is 12.1. The first-order valence-electron chi connectivity index (χ1n) is 3.89. The summed E-state index contributed by atoms with van der Waals surface area (Å²) >= 11 is 3.44. The summed E-state index contributed by atoms with van der Waals surface area (Å²) < 4.78 is 3.07. The topological polar surface area (TPSA) is 43.8 Å². The van der Waals surface area contributed by atoms with E-state index in [-0.39, 0.29) is 5.54 Å². The molecule has 12 heavy (non-hydrogen) atoms. The van der Waals surface area contributed by atoms with Gasteiger partial charge in [0.2, 0.25) is 0 Å². The van der Waals surface area contributed by atoms with Gasteiger partial charge < -0.3 is 10.3 Å². The van der Waals surface area contributed by atoms with Gasteiger partial charge in [0.1, 0.15) is 10.4 Å². The van der Waals surface area contributed by atoms with E-state index in [2.05, 4.69) is 46.3 Å². The van der Waals surface area contributed by atoms with Crippen molar-refractivity contribution < 1.29 is 0 Å². The molecule has 1 heterocycles. The van der Waals surface area contributed by atoms with E-state index in [0.29, 0.717) is 6.54 Å². The predicted molar refractivity (Wildman–Crippen MR) is 52.8 cm³/mol. The van der Waals surface area contributed by atoms with Crippen LogP contribution in [-0.2, 0) is 12.1 Å². The van der Waals surface area contributed by atoms with Crippen molar-refractivity contribution in [2.75, 3.05) is 0 Å². The van der Waals surface area contributed by atoms with Crippen LogP contribution in [-0.4, -0.2) is 9.55 Å². The Kier molecular flexibility index (Phi) is 2.58. The molecule has 1 aromatic rings. The summed E-state index contributed by atoms with van der Waals surface area (Å²) in [6.45, 7) is 6.85. The van der Waals surface area contributed by atoms with E-state index >= 15 is 0 Å². The van der Waals surface area contributed by atoms with Crippen molar-refractivity contribution in [1.29, 1.82) is 0 Å². The van der Waals surface area contributed by atoms with E-state index in [0.717, 1.165) is 10.4 Å². The Hall–Kier alpha value is -0.350. The van der Waals surface area contributed by atoms with Crippen molar-refractivity contribution in [1.82, 2.24) is 9.55 Å². The highest BCUT2D eigenvalue weighted by molar-refractivity contribution is 9.10. The van der Waals surface area contributed by atoms with Crippen LogP contribution in [0.5, 0.6) is 0 Å². The molecule has 68 valence electrons. The maximum Gasteiger partial charge on any atom is 0.123 e. The Morgan fingerprint density at radius 3 is 2.50 bits per heavy atom. The van der Waals surface area contributed by atoms with E-state index in [1.165, 1.54) is 0 Å². The molecule has 0 aliphatic heterocycles. The summed E-state index contributed by atoms with van der Waals surface area (Å²) in [5.41, 5.74) is 5.59. The zero-order valence-corrected chi connectivity index (χ0v) is 9.22. The lowest BCUT2D eigenvalue weighted by Gasteiger charge is -2.24. The first-order valence-corrected chi connectivity index (χ1v) is 4.69. The summed E-state index contributed by atoms with van der Waals surface area (Å²) in [6, 6.07) is 0. The van der Waals surface area contributed by atoms with Crippen LogP contribution in [0.2, 0.25) is 0 Å². The molecule has 2 N–H and O–H groups in total. The van der Waals surface area contributed by atoms with Gasteiger partial charge in [-0.3, -0.25) is 0 Å². The molecule has 0 saturated carbocycles. The second-order valence-corrected chi connectivity index (χ2v) is 4.52. The molecule has 4 heteroatoms. The summed E-state index contributed by atoms with van der Waals surface area (Å²) in [6.07, 6.45) is 1.79. The highest BCUT2D eigenvalue weighted by atomic mass is 79.9. The molecular weight excluding hydrogens is 218 g/mol. The van der Waals surface area contributed by atoms with Crippen LogP contribution >= 0.6 is 15.9 Å². The molecule has 0 bridgehead atoms. The zero-order chi connectivity index (χ0) is 9.35. The lowest BCUT2D eigenvalue weighted by Crippen LogP contribution is -2.25. The molecular formula is C8H14BrN3. The molecule has 0 radical (unpaired) electrons. The summed E-state index contributed by atoms with van der Waals surface area (Å²) in [5, 5.41) is 0. The third-order valence-corrected chi connectivity index (χ3v) is 2.20. The van der Waals surface area contributed by atoms with Crippen LogP contribution in [0.3, 0.4) is 0 Å². The third kappa shape index (κ3) is 1.69.